The third-order valence-corrected chi connectivity index (χ3v) is 5.71. The number of nitrogens with zero attached hydrogens (tertiary/aromatic N) is 4. The van der Waals surface area contributed by atoms with Crippen molar-refractivity contribution in [2.75, 3.05) is 12.4 Å². The number of aromatic hydroxyl groups is 1. The summed E-state index contributed by atoms with van der Waals surface area (Å²) in [5.41, 5.74) is 0.666. The Morgan fingerprint density at radius 1 is 1.12 bits per heavy atom. The number of amides is 1. The Kier molecular flexibility index (Phi) is 7.65. The first kappa shape index (κ1) is 24.6. The first-order valence-electron chi connectivity index (χ1n) is 10.4. The molecule has 0 aliphatic carbocycles. The molecule has 3 aromatic rings. The summed E-state index contributed by atoms with van der Waals surface area (Å²) in [6.45, 7) is 8.26. The molecule has 1 amide bonds. The Labute approximate surface area is 202 Å². The second-order valence-corrected chi connectivity index (χ2v) is 9.12. The molecular formula is C22H26Cl2N6O3. The summed E-state index contributed by atoms with van der Waals surface area (Å²) in [6, 6.07) is 7.61. The number of H-pyrrole nitrogens is 1. The van der Waals surface area contributed by atoms with Crippen LogP contribution in [0.3, 0.4) is 0 Å². The largest absolute Gasteiger partial charge is 0.507 e. The highest BCUT2D eigenvalue weighted by molar-refractivity contribution is 6.37. The number of hydrogen-bond donors (Lipinski definition) is 3. The van der Waals surface area contributed by atoms with Gasteiger partial charge in [-0.25, -0.2) is 0 Å². The van der Waals surface area contributed by atoms with Crippen LogP contribution in [-0.2, 0) is 0 Å². The zero-order valence-electron chi connectivity index (χ0n) is 18.9. The minimum Gasteiger partial charge on any atom is -0.507 e. The van der Waals surface area contributed by atoms with Gasteiger partial charge in [0.1, 0.15) is 11.5 Å². The number of aromatic nitrogens is 4. The van der Waals surface area contributed by atoms with Crippen LogP contribution < -0.4 is 10.1 Å². The molecule has 9 nitrogen and oxygen atoms in total. The fourth-order valence-electron chi connectivity index (χ4n) is 3.93. The Morgan fingerprint density at radius 3 is 2.30 bits per heavy atom. The van der Waals surface area contributed by atoms with E-state index in [1.54, 1.807) is 24.1 Å². The molecule has 0 bridgehead atoms. The van der Waals surface area contributed by atoms with Gasteiger partial charge in [0.2, 0.25) is 0 Å². The lowest BCUT2D eigenvalue weighted by atomic mass is 9.91. The van der Waals surface area contributed by atoms with Crippen LogP contribution in [0.1, 0.15) is 38.1 Å². The number of ether oxygens (including phenoxy) is 1. The second-order valence-electron chi connectivity index (χ2n) is 8.31. The quantitative estimate of drug-likeness (QED) is 0.379. The van der Waals surface area contributed by atoms with Crippen molar-refractivity contribution in [1.29, 1.82) is 0 Å². The molecule has 0 unspecified atom stereocenters. The van der Waals surface area contributed by atoms with Crippen LogP contribution in [-0.4, -0.2) is 49.6 Å². The number of tetrazole rings is 1. The molecule has 3 N–H and O–H groups in total. The average molecular weight is 493 g/mol. The van der Waals surface area contributed by atoms with Gasteiger partial charge < -0.3 is 20.1 Å². The van der Waals surface area contributed by atoms with Crippen LogP contribution >= 0.6 is 23.2 Å². The molecule has 0 radical (unpaired) electrons. The van der Waals surface area contributed by atoms with Gasteiger partial charge in [0, 0.05) is 18.8 Å². The molecule has 0 saturated heterocycles. The number of benzene rings is 2. The van der Waals surface area contributed by atoms with Crippen molar-refractivity contribution in [3.63, 3.8) is 0 Å². The highest BCUT2D eigenvalue weighted by atomic mass is 35.5. The highest BCUT2D eigenvalue weighted by Crippen LogP contribution is 2.40. The summed E-state index contributed by atoms with van der Waals surface area (Å²) >= 11 is 12.8. The van der Waals surface area contributed by atoms with E-state index >= 15 is 0 Å². The Morgan fingerprint density at radius 2 is 1.76 bits per heavy atom. The summed E-state index contributed by atoms with van der Waals surface area (Å²) in [4.78, 5) is 14.8. The Balaban J connectivity index is 1.86. The van der Waals surface area contributed by atoms with Crippen LogP contribution in [0, 0.1) is 11.8 Å². The molecule has 0 fully saturated rings. The number of nitrogens with one attached hydrogen (secondary N) is 2. The third kappa shape index (κ3) is 5.66. The van der Waals surface area contributed by atoms with Crippen LogP contribution in [0.5, 0.6) is 17.2 Å². The molecule has 0 atom stereocenters. The Hall–Kier alpha value is -3.04. The number of halogens is 2. The van der Waals surface area contributed by atoms with Gasteiger partial charge in [-0.05, 0) is 47.4 Å². The van der Waals surface area contributed by atoms with E-state index in [2.05, 4.69) is 53.6 Å². The van der Waals surface area contributed by atoms with Crippen molar-refractivity contribution < 1.29 is 14.6 Å². The maximum Gasteiger partial charge on any atom is 0.267 e. The zero-order valence-corrected chi connectivity index (χ0v) is 20.4. The van der Waals surface area contributed by atoms with E-state index in [9.17, 15) is 9.90 Å². The number of hydrogen-bond acceptors (Lipinski definition) is 7. The number of anilines is 2. The summed E-state index contributed by atoms with van der Waals surface area (Å²) in [6.07, 6.45) is 0. The molecule has 33 heavy (non-hydrogen) atoms. The number of phenolic OH excluding ortho intramolecular Hbond substituents is 1. The van der Waals surface area contributed by atoms with Crippen LogP contribution in [0.25, 0.3) is 0 Å². The summed E-state index contributed by atoms with van der Waals surface area (Å²) < 4.78 is 5.89. The van der Waals surface area contributed by atoms with Gasteiger partial charge in [-0.3, -0.25) is 4.79 Å². The molecule has 2 aromatic carbocycles. The second kappa shape index (κ2) is 10.3. The lowest BCUT2D eigenvalue weighted by molar-refractivity contribution is 0.0624. The van der Waals surface area contributed by atoms with Gasteiger partial charge in [-0.15, -0.1) is 5.10 Å². The van der Waals surface area contributed by atoms with E-state index in [4.69, 9.17) is 27.9 Å². The molecule has 176 valence electrons. The molecule has 0 aliphatic heterocycles. The SMILES string of the molecule is CC(C)C(C(C)C)N(C)C(=O)c1cc(Oc2c(Cl)cc(Nc3nn[nH]n3)cc2Cl)ccc1O. The fourth-order valence-corrected chi connectivity index (χ4v) is 4.50. The predicted octanol–water partition coefficient (Wildman–Crippen LogP) is 5.50. The standard InChI is InChI=1S/C22H26Cl2N6O3/c1-11(2)19(12(3)4)30(5)21(32)15-10-14(6-7-18(15)31)33-20-16(23)8-13(9-17(20)24)25-22-26-28-29-27-22/h6-12,19,31H,1-5H3,(H2,25,26,27,28,29). The Bertz CT molecular complexity index is 1090. The number of rotatable bonds is 8. The average Bonchev–Trinajstić information content (AvgIpc) is 3.23. The van der Waals surface area contributed by atoms with Crippen molar-refractivity contribution >= 4 is 40.7 Å². The topological polar surface area (TPSA) is 116 Å². The van der Waals surface area contributed by atoms with Crippen molar-refractivity contribution in [3.05, 3.63) is 45.9 Å². The maximum atomic E-state index is 13.2. The number of phenols is 1. The maximum absolute atomic E-state index is 13.2. The van der Waals surface area contributed by atoms with E-state index in [0.717, 1.165) is 0 Å². The predicted molar refractivity (Wildman–Crippen MR) is 128 cm³/mol. The summed E-state index contributed by atoms with van der Waals surface area (Å²) in [5, 5.41) is 27.1. The van der Waals surface area contributed by atoms with Gasteiger partial charge >= 0.3 is 0 Å². The molecule has 0 spiro atoms. The molecule has 3 rings (SSSR count). The monoisotopic (exact) mass is 492 g/mol. The van der Waals surface area contributed by atoms with E-state index in [0.29, 0.717) is 11.4 Å². The van der Waals surface area contributed by atoms with E-state index in [1.807, 2.05) is 0 Å². The van der Waals surface area contributed by atoms with Crippen LogP contribution in [0.15, 0.2) is 30.3 Å². The zero-order chi connectivity index (χ0) is 24.3. The van der Waals surface area contributed by atoms with Crippen molar-refractivity contribution in [3.8, 4) is 17.2 Å². The molecular weight excluding hydrogens is 467 g/mol. The minimum atomic E-state index is -0.304. The molecule has 1 aromatic heterocycles. The fraction of sp³-hybridized carbons (Fsp3) is 0.364. The molecule has 11 heteroatoms. The third-order valence-electron chi connectivity index (χ3n) is 5.15. The van der Waals surface area contributed by atoms with Crippen molar-refractivity contribution in [2.45, 2.75) is 33.7 Å². The van der Waals surface area contributed by atoms with Gasteiger partial charge in [0.15, 0.2) is 5.75 Å². The number of aromatic amines is 1. The number of carbonyl (C=O) groups is 1. The van der Waals surface area contributed by atoms with Crippen LogP contribution in [0.2, 0.25) is 10.0 Å². The lowest BCUT2D eigenvalue weighted by Crippen LogP contribution is -2.43. The van der Waals surface area contributed by atoms with E-state index in [-0.39, 0.29) is 56.8 Å². The first-order valence-corrected chi connectivity index (χ1v) is 11.1. The van der Waals surface area contributed by atoms with Gasteiger partial charge in [0.25, 0.3) is 11.9 Å². The minimum absolute atomic E-state index is 0.00427. The number of carbonyl (C=O) groups excluding carboxylic acids is 1. The lowest BCUT2D eigenvalue weighted by Gasteiger charge is -2.34. The van der Waals surface area contributed by atoms with E-state index < -0.39 is 0 Å². The van der Waals surface area contributed by atoms with Crippen molar-refractivity contribution in [1.82, 2.24) is 25.5 Å². The van der Waals surface area contributed by atoms with Crippen molar-refractivity contribution in [2.24, 2.45) is 11.8 Å². The summed E-state index contributed by atoms with van der Waals surface area (Å²) in [5.74, 6) is 0.817. The van der Waals surface area contributed by atoms with Gasteiger partial charge in [-0.2, -0.15) is 5.21 Å². The van der Waals surface area contributed by atoms with Gasteiger partial charge in [0.05, 0.1) is 15.6 Å². The van der Waals surface area contributed by atoms with E-state index in [1.165, 1.54) is 18.2 Å². The highest BCUT2D eigenvalue weighted by Gasteiger charge is 2.28. The molecule has 1 heterocycles. The smallest absolute Gasteiger partial charge is 0.267 e. The molecule has 0 aliphatic rings. The normalized spacial score (nSPS) is 11.3. The van der Waals surface area contributed by atoms with Gasteiger partial charge in [-0.1, -0.05) is 56.0 Å². The van der Waals surface area contributed by atoms with Crippen LogP contribution in [0.4, 0.5) is 11.6 Å². The first-order chi connectivity index (χ1) is 15.6. The summed E-state index contributed by atoms with van der Waals surface area (Å²) in [7, 11) is 1.74. The molecule has 0 saturated carbocycles.